The van der Waals surface area contributed by atoms with E-state index in [0.717, 1.165) is 34.1 Å². The summed E-state index contributed by atoms with van der Waals surface area (Å²) in [5, 5.41) is 0.995. The lowest BCUT2D eigenvalue weighted by molar-refractivity contribution is -0.149. The molecule has 2 aromatic carbocycles. The molecule has 28 heavy (non-hydrogen) atoms. The molecule has 0 fully saturated rings. The molecule has 0 aliphatic carbocycles. The number of benzene rings is 2. The third-order valence-corrected chi connectivity index (χ3v) is 4.86. The lowest BCUT2D eigenvalue weighted by Gasteiger charge is -2.21. The molecular formula is C23H20N2O3. The number of nitrogens with zero attached hydrogens (tertiary/aromatic N) is 2. The SMILES string of the molecule is CC(OC(=O)/C=C/c1cccc2cccnc12)C(=O)N1CCc2ccccc21. The second kappa shape index (κ2) is 7.64. The molecule has 0 bridgehead atoms. The molecule has 0 N–H and O–H groups in total. The normalized spacial score (nSPS) is 14.2. The van der Waals surface area contributed by atoms with Crippen molar-refractivity contribution in [1.82, 2.24) is 4.98 Å². The molecule has 5 heteroatoms. The fourth-order valence-corrected chi connectivity index (χ4v) is 3.47. The first-order valence-corrected chi connectivity index (χ1v) is 9.25. The van der Waals surface area contributed by atoms with Crippen LogP contribution < -0.4 is 4.90 Å². The van der Waals surface area contributed by atoms with Crippen molar-refractivity contribution >= 4 is 34.5 Å². The van der Waals surface area contributed by atoms with Crippen LogP contribution >= 0.6 is 0 Å². The van der Waals surface area contributed by atoms with Crippen molar-refractivity contribution in [2.75, 3.05) is 11.4 Å². The zero-order valence-corrected chi connectivity index (χ0v) is 15.5. The highest BCUT2D eigenvalue weighted by Crippen LogP contribution is 2.28. The molecule has 3 aromatic rings. The minimum Gasteiger partial charge on any atom is -0.449 e. The van der Waals surface area contributed by atoms with Crippen LogP contribution in [0.3, 0.4) is 0 Å². The Morgan fingerprint density at radius 3 is 2.82 bits per heavy atom. The van der Waals surface area contributed by atoms with Crippen molar-refractivity contribution in [2.24, 2.45) is 0 Å². The summed E-state index contributed by atoms with van der Waals surface area (Å²) in [5.74, 6) is -0.764. The van der Waals surface area contributed by atoms with Crippen molar-refractivity contribution in [3.8, 4) is 0 Å². The predicted molar refractivity (Wildman–Crippen MR) is 109 cm³/mol. The Labute approximate surface area is 163 Å². The first-order valence-electron chi connectivity index (χ1n) is 9.25. The molecule has 1 amide bonds. The molecule has 2 heterocycles. The number of fused-ring (bicyclic) bond motifs is 2. The number of hydrogen-bond donors (Lipinski definition) is 0. The quantitative estimate of drug-likeness (QED) is 0.517. The largest absolute Gasteiger partial charge is 0.449 e. The molecule has 4 rings (SSSR count). The van der Waals surface area contributed by atoms with Gasteiger partial charge < -0.3 is 9.64 Å². The van der Waals surface area contributed by atoms with Crippen molar-refractivity contribution in [2.45, 2.75) is 19.4 Å². The summed E-state index contributed by atoms with van der Waals surface area (Å²) in [6, 6.07) is 17.4. The number of para-hydroxylation sites is 2. The second-order valence-corrected chi connectivity index (χ2v) is 6.70. The van der Waals surface area contributed by atoms with E-state index in [-0.39, 0.29) is 5.91 Å². The molecular weight excluding hydrogens is 352 g/mol. The van der Waals surface area contributed by atoms with Gasteiger partial charge in [0.2, 0.25) is 0 Å². The van der Waals surface area contributed by atoms with Crippen molar-refractivity contribution in [3.05, 3.63) is 78.0 Å². The number of pyridine rings is 1. The third kappa shape index (κ3) is 3.51. The highest BCUT2D eigenvalue weighted by molar-refractivity contribution is 6.00. The Bertz CT molecular complexity index is 1070. The van der Waals surface area contributed by atoms with E-state index in [1.807, 2.05) is 54.6 Å². The van der Waals surface area contributed by atoms with Crippen LogP contribution in [0.25, 0.3) is 17.0 Å². The monoisotopic (exact) mass is 372 g/mol. The number of aromatic nitrogens is 1. The first-order chi connectivity index (χ1) is 13.6. The van der Waals surface area contributed by atoms with Gasteiger partial charge in [0.25, 0.3) is 5.91 Å². The van der Waals surface area contributed by atoms with Crippen LogP contribution in [0.2, 0.25) is 0 Å². The molecule has 1 aromatic heterocycles. The van der Waals surface area contributed by atoms with E-state index in [1.165, 1.54) is 6.08 Å². The van der Waals surface area contributed by atoms with E-state index in [1.54, 1.807) is 24.1 Å². The van der Waals surface area contributed by atoms with E-state index in [2.05, 4.69) is 4.98 Å². The molecule has 0 radical (unpaired) electrons. The second-order valence-electron chi connectivity index (χ2n) is 6.70. The van der Waals surface area contributed by atoms with Gasteiger partial charge in [-0.3, -0.25) is 9.78 Å². The van der Waals surface area contributed by atoms with Gasteiger partial charge in [-0.25, -0.2) is 4.79 Å². The Kier molecular flexibility index (Phi) is 4.89. The zero-order valence-electron chi connectivity index (χ0n) is 15.5. The van der Waals surface area contributed by atoms with E-state index >= 15 is 0 Å². The van der Waals surface area contributed by atoms with Gasteiger partial charge in [-0.2, -0.15) is 0 Å². The minimum atomic E-state index is -0.853. The molecule has 1 atom stereocenters. The Morgan fingerprint density at radius 2 is 1.93 bits per heavy atom. The number of carbonyl (C=O) groups is 2. The van der Waals surface area contributed by atoms with Gasteiger partial charge in [0.1, 0.15) is 0 Å². The summed E-state index contributed by atoms with van der Waals surface area (Å²) in [6.07, 6.45) is 4.68. The van der Waals surface area contributed by atoms with Crippen LogP contribution in [-0.4, -0.2) is 29.5 Å². The number of carbonyl (C=O) groups excluding carboxylic acids is 2. The van der Waals surface area contributed by atoms with Gasteiger partial charge in [0.05, 0.1) is 5.52 Å². The Hall–Kier alpha value is -3.47. The number of anilines is 1. The molecule has 0 saturated carbocycles. The molecule has 1 aliphatic rings. The van der Waals surface area contributed by atoms with E-state index in [4.69, 9.17) is 4.74 Å². The highest BCUT2D eigenvalue weighted by atomic mass is 16.5. The summed E-state index contributed by atoms with van der Waals surface area (Å²) in [4.78, 5) is 31.0. The zero-order chi connectivity index (χ0) is 19.5. The number of rotatable bonds is 4. The van der Waals surface area contributed by atoms with Crippen LogP contribution in [0.1, 0.15) is 18.1 Å². The van der Waals surface area contributed by atoms with Gasteiger partial charge in [-0.05, 0) is 37.1 Å². The van der Waals surface area contributed by atoms with Gasteiger partial charge >= 0.3 is 5.97 Å². The predicted octanol–water partition coefficient (Wildman–Crippen LogP) is 3.77. The maximum absolute atomic E-state index is 12.7. The maximum Gasteiger partial charge on any atom is 0.331 e. The minimum absolute atomic E-state index is 0.210. The summed E-state index contributed by atoms with van der Waals surface area (Å²) in [6.45, 7) is 2.21. The van der Waals surface area contributed by atoms with Crippen molar-refractivity contribution in [1.29, 1.82) is 0 Å². The highest BCUT2D eigenvalue weighted by Gasteiger charge is 2.29. The lowest BCUT2D eigenvalue weighted by atomic mass is 10.1. The molecule has 0 saturated heterocycles. The Balaban J connectivity index is 1.43. The standard InChI is InChI=1S/C23H20N2O3/c1-16(23(27)25-15-13-17-6-2-3-10-20(17)25)28-21(26)12-11-19-8-4-7-18-9-5-14-24-22(18)19/h2-12,14,16H,13,15H2,1H3/b12-11+. The third-order valence-electron chi connectivity index (χ3n) is 4.86. The topological polar surface area (TPSA) is 59.5 Å². The van der Waals surface area contributed by atoms with Crippen LogP contribution in [-0.2, 0) is 20.7 Å². The van der Waals surface area contributed by atoms with Gasteiger partial charge in [-0.1, -0.05) is 42.5 Å². The summed E-state index contributed by atoms with van der Waals surface area (Å²) < 4.78 is 5.34. The molecule has 140 valence electrons. The molecule has 1 unspecified atom stereocenters. The van der Waals surface area contributed by atoms with Gasteiger partial charge in [-0.15, -0.1) is 0 Å². The smallest absolute Gasteiger partial charge is 0.331 e. The number of esters is 1. The number of amides is 1. The fourth-order valence-electron chi connectivity index (χ4n) is 3.47. The summed E-state index contributed by atoms with van der Waals surface area (Å²) >= 11 is 0. The van der Waals surface area contributed by atoms with E-state index < -0.39 is 12.1 Å². The summed E-state index contributed by atoms with van der Waals surface area (Å²) in [5.41, 5.74) is 3.67. The van der Waals surface area contributed by atoms with Gasteiger partial charge in [0, 0.05) is 35.5 Å². The Morgan fingerprint density at radius 1 is 1.11 bits per heavy atom. The van der Waals surface area contributed by atoms with Crippen LogP contribution in [0.15, 0.2) is 66.9 Å². The number of hydrogen-bond acceptors (Lipinski definition) is 4. The molecule has 1 aliphatic heterocycles. The average Bonchev–Trinajstić information content (AvgIpc) is 3.15. The van der Waals surface area contributed by atoms with Crippen LogP contribution in [0, 0.1) is 0 Å². The lowest BCUT2D eigenvalue weighted by Crippen LogP contribution is -2.38. The van der Waals surface area contributed by atoms with Gasteiger partial charge in [0.15, 0.2) is 6.10 Å². The maximum atomic E-state index is 12.7. The van der Waals surface area contributed by atoms with E-state index in [9.17, 15) is 9.59 Å². The van der Waals surface area contributed by atoms with E-state index in [0.29, 0.717) is 6.54 Å². The molecule has 0 spiro atoms. The fraction of sp³-hybridized carbons (Fsp3) is 0.174. The van der Waals surface area contributed by atoms with Crippen molar-refractivity contribution < 1.29 is 14.3 Å². The first kappa shape index (κ1) is 17.9. The average molecular weight is 372 g/mol. The van der Waals surface area contributed by atoms with Crippen LogP contribution in [0.4, 0.5) is 5.69 Å². The van der Waals surface area contributed by atoms with Crippen molar-refractivity contribution in [3.63, 3.8) is 0 Å². The van der Waals surface area contributed by atoms with Crippen LogP contribution in [0.5, 0.6) is 0 Å². The molecule has 5 nitrogen and oxygen atoms in total. The summed E-state index contributed by atoms with van der Waals surface area (Å²) in [7, 11) is 0. The number of ether oxygens (including phenoxy) is 1.